The number of nitrogens with zero attached hydrogens (tertiary/aromatic N) is 1. The molecule has 0 spiro atoms. The van der Waals surface area contributed by atoms with Gasteiger partial charge in [-0.3, -0.25) is 0 Å². The summed E-state index contributed by atoms with van der Waals surface area (Å²) in [6, 6.07) is 4.21. The molecule has 134 valence electrons. The van der Waals surface area contributed by atoms with Crippen molar-refractivity contribution >= 4 is 51.6 Å². The second kappa shape index (κ2) is 13.8. The van der Waals surface area contributed by atoms with Crippen molar-refractivity contribution in [1.29, 1.82) is 0 Å². The van der Waals surface area contributed by atoms with Crippen LogP contribution in [0.3, 0.4) is 0 Å². The van der Waals surface area contributed by atoms with Crippen LogP contribution in [-0.2, 0) is 4.74 Å². The van der Waals surface area contributed by atoms with Crippen LogP contribution in [-0.4, -0.2) is 80.8 Å². The van der Waals surface area contributed by atoms with Gasteiger partial charge in [0.25, 0.3) is 0 Å². The number of hydrogen-bond donors (Lipinski definition) is 1. The molecular weight excluding hydrogens is 389 g/mol. The maximum absolute atomic E-state index is 12.6. The molecule has 0 aliphatic heterocycles. The average Bonchev–Trinajstić information content (AvgIpc) is 2.41. The first-order valence-corrected chi connectivity index (χ1v) is 6.74. The van der Waals surface area contributed by atoms with Crippen molar-refractivity contribution in [3.63, 3.8) is 0 Å². The molecule has 1 rings (SSSR count). The molecule has 1 aromatic carbocycles. The van der Waals surface area contributed by atoms with E-state index in [1.807, 2.05) is 20.8 Å². The number of benzene rings is 1. The van der Waals surface area contributed by atoms with Gasteiger partial charge in [0.15, 0.2) is 11.5 Å². The number of carbonyl (C=O) groups excluding carboxylic acids is 1. The predicted octanol–water partition coefficient (Wildman–Crippen LogP) is 3.85. The Morgan fingerprint density at radius 2 is 1.92 bits per heavy atom. The number of hydrogen-bond acceptors (Lipinski definition) is 4. The number of ether oxygens (including phenoxy) is 2. The van der Waals surface area contributed by atoms with Crippen LogP contribution in [0.5, 0.6) is 11.5 Å². The fraction of sp³-hybridized carbons (Fsp3) is 0.412. The molecule has 0 bridgehead atoms. The smallest absolute Gasteiger partial charge is 0.505 e. The van der Waals surface area contributed by atoms with Crippen LogP contribution < -0.4 is 4.74 Å². The standard InChI is InChI=1S/C9H17NO2.C7H7FO2.CH3.Sr/c1-6-7-10(5)8(11)12-9(2,3)4;1-10-6-4-2-3-5(9)7(6)8;;/h1,5-7H2,2-4H3;2-4,9H,1H3;1H3;/q-2;;-1;+2. The van der Waals surface area contributed by atoms with E-state index >= 15 is 0 Å². The topological polar surface area (TPSA) is 59.0 Å². The van der Waals surface area contributed by atoms with Crippen molar-refractivity contribution in [2.45, 2.75) is 32.8 Å². The zero-order chi connectivity index (χ0) is 17.3. The summed E-state index contributed by atoms with van der Waals surface area (Å²) in [6.07, 6.45) is 0.245. The van der Waals surface area contributed by atoms with Gasteiger partial charge < -0.3 is 33.8 Å². The van der Waals surface area contributed by atoms with E-state index in [1.165, 1.54) is 30.2 Å². The van der Waals surface area contributed by atoms with Crippen molar-refractivity contribution < 1.29 is 23.8 Å². The van der Waals surface area contributed by atoms with Gasteiger partial charge in [0, 0.05) is 0 Å². The summed E-state index contributed by atoms with van der Waals surface area (Å²) in [5.74, 6) is -1.05. The normalized spacial score (nSPS) is 9.46. The first kappa shape index (κ1) is 28.3. The van der Waals surface area contributed by atoms with Crippen molar-refractivity contribution in [1.82, 2.24) is 4.90 Å². The monoisotopic (exact) mass is 416 g/mol. The Bertz CT molecular complexity index is 478. The van der Waals surface area contributed by atoms with Gasteiger partial charge in [0.2, 0.25) is 5.82 Å². The van der Waals surface area contributed by atoms with Gasteiger partial charge >= 0.3 is 51.6 Å². The first-order valence-electron chi connectivity index (χ1n) is 6.74. The summed E-state index contributed by atoms with van der Waals surface area (Å²) in [5, 5.41) is 8.78. The molecule has 7 heteroatoms. The third kappa shape index (κ3) is 11.9. The van der Waals surface area contributed by atoms with Crippen LogP contribution in [0.1, 0.15) is 27.2 Å². The number of phenolic OH excluding ortho intramolecular Hbond substituents is 1. The van der Waals surface area contributed by atoms with Crippen LogP contribution in [0.25, 0.3) is 0 Å². The van der Waals surface area contributed by atoms with E-state index in [0.29, 0.717) is 13.0 Å². The average molecular weight is 416 g/mol. The number of methoxy groups -OCH3 is 1. The second-order valence-corrected chi connectivity index (χ2v) is 5.39. The van der Waals surface area contributed by atoms with Gasteiger partial charge in [-0.2, -0.15) is 10.8 Å². The molecule has 0 radical (unpaired) electrons. The maximum Gasteiger partial charge on any atom is 2.00 e. The Labute approximate surface area is 182 Å². The Kier molecular flexibility index (Phi) is 16.2. The number of carbonyl (C=O) groups is 1. The fourth-order valence-electron chi connectivity index (χ4n) is 1.27. The number of phenols is 1. The summed E-state index contributed by atoms with van der Waals surface area (Å²) in [6.45, 7) is 9.60. The summed E-state index contributed by atoms with van der Waals surface area (Å²) in [7, 11) is 4.88. The van der Waals surface area contributed by atoms with E-state index in [-0.39, 0.29) is 64.4 Å². The number of rotatable bonds is 3. The van der Waals surface area contributed by atoms with Crippen LogP contribution in [0.4, 0.5) is 9.18 Å². The quantitative estimate of drug-likeness (QED) is 0.601. The molecule has 1 amide bonds. The summed E-state index contributed by atoms with van der Waals surface area (Å²) < 4.78 is 22.3. The number of amides is 1. The zero-order valence-electron chi connectivity index (χ0n) is 15.3. The van der Waals surface area contributed by atoms with Gasteiger partial charge in [-0.05, 0) is 39.4 Å². The van der Waals surface area contributed by atoms with E-state index in [4.69, 9.17) is 9.84 Å². The molecular formula is C17H27FNO4Sr-. The van der Waals surface area contributed by atoms with E-state index in [9.17, 15) is 9.18 Å². The van der Waals surface area contributed by atoms with Crippen LogP contribution in [0.15, 0.2) is 18.2 Å². The van der Waals surface area contributed by atoms with Crippen molar-refractivity contribution in [3.05, 3.63) is 45.4 Å². The van der Waals surface area contributed by atoms with Gasteiger partial charge in [0.05, 0.1) is 7.11 Å². The summed E-state index contributed by atoms with van der Waals surface area (Å²) in [5.41, 5.74) is -0.450. The summed E-state index contributed by atoms with van der Waals surface area (Å²) in [4.78, 5) is 12.4. The third-order valence-electron chi connectivity index (χ3n) is 2.24. The molecule has 0 unspecified atom stereocenters. The minimum absolute atomic E-state index is 0. The van der Waals surface area contributed by atoms with E-state index < -0.39 is 17.5 Å². The minimum Gasteiger partial charge on any atom is -0.505 e. The van der Waals surface area contributed by atoms with E-state index in [0.717, 1.165) is 0 Å². The molecule has 0 aliphatic carbocycles. The molecule has 0 saturated heterocycles. The Morgan fingerprint density at radius 1 is 1.38 bits per heavy atom. The molecule has 5 nitrogen and oxygen atoms in total. The van der Waals surface area contributed by atoms with Crippen molar-refractivity contribution in [2.75, 3.05) is 13.7 Å². The predicted molar refractivity (Wildman–Crippen MR) is 95.1 cm³/mol. The van der Waals surface area contributed by atoms with Crippen LogP contribution in [0, 0.1) is 27.2 Å². The second-order valence-electron chi connectivity index (χ2n) is 5.39. The van der Waals surface area contributed by atoms with Gasteiger partial charge in [0.1, 0.15) is 5.60 Å². The summed E-state index contributed by atoms with van der Waals surface area (Å²) >= 11 is 0. The molecule has 0 aliphatic rings. The van der Waals surface area contributed by atoms with Crippen molar-refractivity contribution in [2.24, 2.45) is 0 Å². The minimum atomic E-state index is -0.718. The first-order chi connectivity index (χ1) is 10.1. The Morgan fingerprint density at radius 3 is 2.29 bits per heavy atom. The molecule has 0 saturated carbocycles. The molecule has 0 fully saturated rings. The van der Waals surface area contributed by atoms with Gasteiger partial charge in [-0.15, -0.1) is 0 Å². The largest absolute Gasteiger partial charge is 2.00 e. The fourth-order valence-corrected chi connectivity index (χ4v) is 1.27. The molecule has 0 atom stereocenters. The number of aromatic hydroxyl groups is 1. The Balaban J connectivity index is -0.000000342. The molecule has 1 aromatic rings. The number of halogens is 1. The van der Waals surface area contributed by atoms with Gasteiger partial charge in [-0.1, -0.05) is 6.07 Å². The van der Waals surface area contributed by atoms with Crippen LogP contribution >= 0.6 is 0 Å². The zero-order valence-corrected chi connectivity index (χ0v) is 18.7. The van der Waals surface area contributed by atoms with E-state index in [2.05, 4.69) is 18.7 Å². The van der Waals surface area contributed by atoms with Gasteiger partial charge in [-0.25, -0.2) is 11.8 Å². The third-order valence-corrected chi connectivity index (χ3v) is 2.24. The molecule has 0 heterocycles. The van der Waals surface area contributed by atoms with Crippen LogP contribution in [0.2, 0.25) is 0 Å². The molecule has 0 aromatic heterocycles. The molecule has 1 N–H and O–H groups in total. The maximum atomic E-state index is 12.6. The molecule has 24 heavy (non-hydrogen) atoms. The Hall–Kier alpha value is -0.499. The van der Waals surface area contributed by atoms with Crippen molar-refractivity contribution in [3.8, 4) is 11.5 Å². The SMILES string of the molecule is COc1cccc(O)c1F.[CH2-]CCN([CH2-])C(=O)OC(C)(C)C.[CH3-].[Sr+2]. The van der Waals surface area contributed by atoms with E-state index in [1.54, 1.807) is 0 Å².